The van der Waals surface area contributed by atoms with Crippen LogP contribution in [0.1, 0.15) is 50.8 Å². The molecule has 210 valence electrons. The summed E-state index contributed by atoms with van der Waals surface area (Å²) in [7, 11) is 5.21. The topological polar surface area (TPSA) is 123 Å². The molecule has 0 radical (unpaired) electrons. The number of nitrogens with zero attached hydrogens (tertiary/aromatic N) is 7. The monoisotopic (exact) mass is 537 g/mol. The minimum Gasteiger partial charge on any atom is -0.496 e. The van der Waals surface area contributed by atoms with E-state index in [1.807, 2.05) is 16.9 Å². The van der Waals surface area contributed by atoms with Gasteiger partial charge in [0.25, 0.3) is 0 Å². The van der Waals surface area contributed by atoms with E-state index >= 15 is 0 Å². The normalized spacial score (nSPS) is 19.9. The van der Waals surface area contributed by atoms with E-state index in [1.54, 1.807) is 13.3 Å². The Morgan fingerprint density at radius 1 is 1.15 bits per heavy atom. The molecule has 2 aliphatic rings. The number of carbonyl (C=O) groups is 1. The Balaban J connectivity index is 1.41. The molecule has 39 heavy (non-hydrogen) atoms. The van der Waals surface area contributed by atoms with Crippen LogP contribution in [0.15, 0.2) is 18.5 Å². The molecule has 0 aliphatic carbocycles. The number of pyridine rings is 1. The lowest BCUT2D eigenvalue weighted by atomic mass is 10.1. The van der Waals surface area contributed by atoms with E-state index < -0.39 is 6.09 Å². The number of rotatable bonds is 11. The number of nitrogens with one attached hydrogen (secondary N) is 2. The number of anilines is 2. The molecule has 0 aromatic carbocycles. The van der Waals surface area contributed by atoms with Crippen molar-refractivity contribution >= 4 is 28.9 Å². The molecule has 2 saturated heterocycles. The summed E-state index contributed by atoms with van der Waals surface area (Å²) in [5.74, 6) is 1.55. The van der Waals surface area contributed by atoms with Crippen molar-refractivity contribution < 1.29 is 14.3 Å². The van der Waals surface area contributed by atoms with Gasteiger partial charge in [0, 0.05) is 55.6 Å². The first-order chi connectivity index (χ1) is 18.9. The Kier molecular flexibility index (Phi) is 8.12. The molecule has 0 spiro atoms. The van der Waals surface area contributed by atoms with Gasteiger partial charge in [0.05, 0.1) is 32.7 Å². The number of piperazine rings is 1. The van der Waals surface area contributed by atoms with Gasteiger partial charge in [-0.15, -0.1) is 0 Å². The maximum Gasteiger partial charge on any atom is 0.413 e. The van der Waals surface area contributed by atoms with Crippen molar-refractivity contribution in [2.24, 2.45) is 0 Å². The molecule has 0 unspecified atom stereocenters. The highest BCUT2D eigenvalue weighted by Gasteiger charge is 2.41. The molecule has 2 fully saturated rings. The van der Waals surface area contributed by atoms with Gasteiger partial charge in [-0.2, -0.15) is 10.1 Å². The Bertz CT molecular complexity index is 1310. The zero-order valence-corrected chi connectivity index (χ0v) is 23.5. The molecule has 2 N–H and O–H groups in total. The van der Waals surface area contributed by atoms with Crippen LogP contribution < -0.4 is 15.4 Å². The molecule has 3 aromatic heterocycles. The Hall–Kier alpha value is -3.51. The second kappa shape index (κ2) is 11.7. The van der Waals surface area contributed by atoms with Crippen molar-refractivity contribution in [3.8, 4) is 5.75 Å². The quantitative estimate of drug-likeness (QED) is 0.376. The highest BCUT2D eigenvalue weighted by molar-refractivity contribution is 5.89. The average molecular weight is 538 g/mol. The molecule has 5 heterocycles. The fraction of sp³-hybridized carbons (Fsp3) is 0.593. The first-order valence-corrected chi connectivity index (χ1v) is 13.7. The van der Waals surface area contributed by atoms with Gasteiger partial charge in [0.1, 0.15) is 16.8 Å². The predicted molar refractivity (Wildman–Crippen MR) is 149 cm³/mol. The molecule has 0 saturated carbocycles. The zero-order chi connectivity index (χ0) is 27.5. The molecular weight excluding hydrogens is 498 g/mol. The summed E-state index contributed by atoms with van der Waals surface area (Å²) >= 11 is 0. The number of amides is 1. The lowest BCUT2D eigenvalue weighted by molar-refractivity contribution is 0.142. The summed E-state index contributed by atoms with van der Waals surface area (Å²) in [5.41, 5.74) is 3.29. The number of fused-ring (bicyclic) bond motifs is 3. The van der Waals surface area contributed by atoms with E-state index in [0.717, 1.165) is 61.4 Å². The second-order valence-corrected chi connectivity index (χ2v) is 10.5. The number of likely N-dealkylation sites (N-methyl/N-ethyl adjacent to an activating group) is 1. The van der Waals surface area contributed by atoms with Crippen LogP contribution in [0.4, 0.5) is 16.6 Å². The minimum absolute atomic E-state index is 0.160. The summed E-state index contributed by atoms with van der Waals surface area (Å²) in [5, 5.41) is 10.7. The van der Waals surface area contributed by atoms with Crippen LogP contribution in [-0.2, 0) is 17.8 Å². The number of carbonyl (C=O) groups excluding carboxylic acids is 1. The molecule has 3 atom stereocenters. The fourth-order valence-electron chi connectivity index (χ4n) is 5.75. The van der Waals surface area contributed by atoms with Crippen LogP contribution in [0.3, 0.4) is 0 Å². The van der Waals surface area contributed by atoms with Gasteiger partial charge in [-0.1, -0.05) is 20.3 Å². The van der Waals surface area contributed by atoms with Gasteiger partial charge >= 0.3 is 6.09 Å². The first kappa shape index (κ1) is 27.1. The van der Waals surface area contributed by atoms with Crippen molar-refractivity contribution in [1.29, 1.82) is 0 Å². The molecule has 1 amide bonds. The summed E-state index contributed by atoms with van der Waals surface area (Å²) in [6, 6.07) is 3.52. The number of likely N-dealkylation sites (tertiary alicyclic amines) is 2. The lowest BCUT2D eigenvalue weighted by Crippen LogP contribution is -2.44. The minimum atomic E-state index is -0.627. The van der Waals surface area contributed by atoms with E-state index in [9.17, 15) is 4.79 Å². The van der Waals surface area contributed by atoms with Gasteiger partial charge in [-0.25, -0.2) is 9.78 Å². The molecule has 5 rings (SSSR count). The summed E-state index contributed by atoms with van der Waals surface area (Å²) in [6.07, 6.45) is 7.14. The number of hydrogen-bond acceptors (Lipinski definition) is 10. The largest absolute Gasteiger partial charge is 0.496 e. The van der Waals surface area contributed by atoms with Gasteiger partial charge in [-0.3, -0.25) is 19.9 Å². The Labute approximate surface area is 229 Å². The van der Waals surface area contributed by atoms with Gasteiger partial charge < -0.3 is 19.7 Å². The average Bonchev–Trinajstić information content (AvgIpc) is 3.63. The maximum absolute atomic E-state index is 11.8. The molecular formula is C27H39N9O3. The van der Waals surface area contributed by atoms with Crippen LogP contribution in [0.5, 0.6) is 5.75 Å². The third-order valence-corrected chi connectivity index (χ3v) is 7.89. The van der Waals surface area contributed by atoms with E-state index in [1.165, 1.54) is 13.5 Å². The smallest absolute Gasteiger partial charge is 0.413 e. The highest BCUT2D eigenvalue weighted by Crippen LogP contribution is 2.31. The van der Waals surface area contributed by atoms with E-state index in [2.05, 4.69) is 56.4 Å². The standard InChI is InChI=1S/C27H39N9O3/c1-6-8-18(7-2)30-25-24-22(31-26(32-25)33-27(37)39-5)12-29-36(24)13-17-11-28-19(9-23(17)38-4)14-35-16-20-10-21(35)15-34(20)3/h9,11-12,18,20-21H,6-8,10,13-16H2,1-5H3,(H2,30,31,32,33,37)/t18-,20-,21-/m1/s1. The van der Waals surface area contributed by atoms with Crippen molar-refractivity contribution in [1.82, 2.24) is 34.5 Å². The van der Waals surface area contributed by atoms with Crippen LogP contribution in [0.2, 0.25) is 0 Å². The van der Waals surface area contributed by atoms with Crippen LogP contribution >= 0.6 is 0 Å². The second-order valence-electron chi connectivity index (χ2n) is 10.5. The summed E-state index contributed by atoms with van der Waals surface area (Å²) < 4.78 is 12.4. The first-order valence-electron chi connectivity index (χ1n) is 13.7. The maximum atomic E-state index is 11.8. The lowest BCUT2D eigenvalue weighted by Gasteiger charge is -2.31. The van der Waals surface area contributed by atoms with Crippen molar-refractivity contribution in [3.63, 3.8) is 0 Å². The number of methoxy groups -OCH3 is 2. The molecule has 2 bridgehead atoms. The predicted octanol–water partition coefficient (Wildman–Crippen LogP) is 3.34. The van der Waals surface area contributed by atoms with E-state index in [4.69, 9.17) is 14.5 Å². The van der Waals surface area contributed by atoms with Crippen molar-refractivity contribution in [2.45, 2.75) is 70.7 Å². The Morgan fingerprint density at radius 2 is 2.00 bits per heavy atom. The van der Waals surface area contributed by atoms with Gasteiger partial charge in [0.15, 0.2) is 5.82 Å². The summed E-state index contributed by atoms with van der Waals surface area (Å²) in [6.45, 7) is 7.77. The van der Waals surface area contributed by atoms with Gasteiger partial charge in [0.2, 0.25) is 5.95 Å². The summed E-state index contributed by atoms with van der Waals surface area (Å²) in [4.78, 5) is 30.7. The van der Waals surface area contributed by atoms with E-state index in [-0.39, 0.29) is 12.0 Å². The number of ether oxygens (including phenoxy) is 2. The van der Waals surface area contributed by atoms with Crippen LogP contribution in [0.25, 0.3) is 11.0 Å². The SMILES string of the molecule is CCC[C@@H](CC)Nc1nc(NC(=O)OC)nc2cnn(Cc3cnc(CN4C[C@H]5C[C@@H]4CN5C)cc3OC)c12. The fourth-order valence-corrected chi connectivity index (χ4v) is 5.75. The van der Waals surface area contributed by atoms with Crippen molar-refractivity contribution in [3.05, 3.63) is 29.7 Å². The third-order valence-electron chi connectivity index (χ3n) is 7.89. The van der Waals surface area contributed by atoms with Crippen molar-refractivity contribution in [2.75, 3.05) is 45.0 Å². The molecule has 3 aromatic rings. The molecule has 12 heteroatoms. The van der Waals surface area contributed by atoms with Crippen LogP contribution in [0, 0.1) is 0 Å². The molecule has 2 aliphatic heterocycles. The Morgan fingerprint density at radius 3 is 2.67 bits per heavy atom. The number of aromatic nitrogens is 5. The van der Waals surface area contributed by atoms with Crippen LogP contribution in [-0.4, -0.2) is 93.1 Å². The third kappa shape index (κ3) is 5.76. The number of hydrogen-bond donors (Lipinski definition) is 2. The molecule has 12 nitrogen and oxygen atoms in total. The van der Waals surface area contributed by atoms with E-state index in [0.29, 0.717) is 30.0 Å². The zero-order valence-electron chi connectivity index (χ0n) is 23.5. The highest BCUT2D eigenvalue weighted by atomic mass is 16.5. The van der Waals surface area contributed by atoms with Gasteiger partial charge in [-0.05, 0) is 26.3 Å².